The molecule has 0 aromatic rings. The third-order valence-corrected chi connectivity index (χ3v) is 6.94. The molecule has 0 aromatic heterocycles. The van der Waals surface area contributed by atoms with Crippen LogP contribution in [-0.2, 0) is 9.59 Å². The molecule has 0 fully saturated rings. The molecule has 0 aromatic carbocycles. The summed E-state index contributed by atoms with van der Waals surface area (Å²) in [6.45, 7) is 2.28. The second kappa shape index (κ2) is 23.2. The maximum Gasteiger partial charge on any atom is 0.336 e. The van der Waals surface area contributed by atoms with Crippen LogP contribution < -0.4 is 0 Å². The molecule has 0 heterocycles. The Labute approximate surface area is 210 Å². The molecule has 0 rings (SSSR count). The Bertz CT molecular complexity index is 469. The first kappa shape index (κ1) is 32.5. The van der Waals surface area contributed by atoms with Crippen molar-refractivity contribution in [2.45, 2.75) is 167 Å². The molecule has 4 nitrogen and oxygen atoms in total. The fraction of sp³-hybridized carbons (Fsp3) is 0.929. The van der Waals surface area contributed by atoms with Crippen molar-refractivity contribution in [3.63, 3.8) is 0 Å². The molecule has 0 aliphatic rings. The summed E-state index contributed by atoms with van der Waals surface area (Å²) in [5, 5.41) is 18.6. The van der Waals surface area contributed by atoms with Crippen molar-refractivity contribution in [3.8, 4) is 0 Å². The zero-order valence-electron chi connectivity index (χ0n) is 21.6. The molecule has 5 heteroatoms. The van der Waals surface area contributed by atoms with Gasteiger partial charge in [0.2, 0.25) is 0 Å². The van der Waals surface area contributed by atoms with Crippen LogP contribution in [0.2, 0.25) is 0 Å². The van der Waals surface area contributed by atoms with Crippen molar-refractivity contribution in [1.82, 2.24) is 0 Å². The highest BCUT2D eigenvalue weighted by atomic mass is 32.1. The van der Waals surface area contributed by atoms with Gasteiger partial charge in [-0.2, -0.15) is 0 Å². The quantitative estimate of drug-likeness (QED) is 0.0844. The first-order chi connectivity index (χ1) is 15.9. The van der Waals surface area contributed by atoms with Crippen molar-refractivity contribution in [2.75, 3.05) is 0 Å². The minimum absolute atomic E-state index is 0.119. The number of carboxylic acid groups (broad SMARTS) is 1. The lowest BCUT2D eigenvalue weighted by atomic mass is 9.92. The van der Waals surface area contributed by atoms with E-state index in [2.05, 4.69) is 19.6 Å². The minimum Gasteiger partial charge on any atom is -0.479 e. The molecule has 0 bridgehead atoms. The number of hydrogen-bond acceptors (Lipinski definition) is 3. The van der Waals surface area contributed by atoms with Crippen LogP contribution in [0.4, 0.5) is 0 Å². The highest BCUT2D eigenvalue weighted by Gasteiger charge is 2.36. The van der Waals surface area contributed by atoms with Crippen LogP contribution in [0.1, 0.15) is 161 Å². The second-order valence-electron chi connectivity index (χ2n) is 10.1. The molecule has 0 saturated carbocycles. The van der Waals surface area contributed by atoms with Crippen molar-refractivity contribution < 1.29 is 19.8 Å². The van der Waals surface area contributed by atoms with Crippen LogP contribution in [0.25, 0.3) is 0 Å². The number of aliphatic carboxylic acids is 1. The summed E-state index contributed by atoms with van der Waals surface area (Å²) >= 11 is 3.60. The van der Waals surface area contributed by atoms with Gasteiger partial charge in [-0.25, -0.2) is 4.79 Å². The molecule has 0 radical (unpaired) electrons. The topological polar surface area (TPSA) is 74.6 Å². The van der Waals surface area contributed by atoms with Gasteiger partial charge in [-0.3, -0.25) is 4.79 Å². The molecular formula is C28H54O4S. The summed E-state index contributed by atoms with van der Waals surface area (Å²) in [6.07, 6.45) is 28.4. The van der Waals surface area contributed by atoms with E-state index in [0.29, 0.717) is 6.42 Å². The zero-order chi connectivity index (χ0) is 24.6. The van der Waals surface area contributed by atoms with Crippen LogP contribution in [0, 0.1) is 0 Å². The van der Waals surface area contributed by atoms with Gasteiger partial charge in [0.25, 0.3) is 0 Å². The molecule has 0 aliphatic carbocycles. The SMILES string of the molecule is CCCCCCCCCCCCCCCCCCCCCCCCC(O)(CC(=O)S)C(=O)O. The Morgan fingerprint density at radius 2 is 0.848 bits per heavy atom. The van der Waals surface area contributed by atoms with Crippen LogP contribution in [0.5, 0.6) is 0 Å². The number of carbonyl (C=O) groups excluding carboxylic acids is 1. The van der Waals surface area contributed by atoms with Crippen molar-refractivity contribution >= 4 is 23.7 Å². The molecule has 1 atom stereocenters. The third-order valence-electron chi connectivity index (χ3n) is 6.79. The van der Waals surface area contributed by atoms with Gasteiger partial charge < -0.3 is 10.2 Å². The number of unbranched alkanes of at least 4 members (excludes halogenated alkanes) is 21. The van der Waals surface area contributed by atoms with Crippen LogP contribution in [0.15, 0.2) is 0 Å². The molecule has 0 amide bonds. The van der Waals surface area contributed by atoms with Crippen molar-refractivity contribution in [1.29, 1.82) is 0 Å². The molecule has 196 valence electrons. The van der Waals surface area contributed by atoms with E-state index in [4.69, 9.17) is 5.11 Å². The van der Waals surface area contributed by atoms with Gasteiger partial charge >= 0.3 is 5.97 Å². The van der Waals surface area contributed by atoms with E-state index in [0.717, 1.165) is 19.3 Å². The summed E-state index contributed by atoms with van der Waals surface area (Å²) in [4.78, 5) is 22.2. The maximum absolute atomic E-state index is 11.2. The maximum atomic E-state index is 11.2. The van der Waals surface area contributed by atoms with E-state index in [-0.39, 0.29) is 6.42 Å². The van der Waals surface area contributed by atoms with Gasteiger partial charge in [-0.15, -0.1) is 12.6 Å². The lowest BCUT2D eigenvalue weighted by molar-refractivity contribution is -0.161. The van der Waals surface area contributed by atoms with E-state index in [1.165, 1.54) is 116 Å². The minimum atomic E-state index is -1.95. The van der Waals surface area contributed by atoms with Crippen LogP contribution in [-0.4, -0.2) is 26.9 Å². The van der Waals surface area contributed by atoms with E-state index in [1.807, 2.05) is 0 Å². The van der Waals surface area contributed by atoms with Gasteiger partial charge in [-0.1, -0.05) is 142 Å². The Morgan fingerprint density at radius 1 is 0.576 bits per heavy atom. The highest BCUT2D eigenvalue weighted by Crippen LogP contribution is 2.22. The first-order valence-electron chi connectivity index (χ1n) is 14.1. The summed E-state index contributed by atoms with van der Waals surface area (Å²) in [5.74, 6) is -1.33. The summed E-state index contributed by atoms with van der Waals surface area (Å²) in [5.41, 5.74) is -1.95. The Morgan fingerprint density at radius 3 is 1.09 bits per heavy atom. The van der Waals surface area contributed by atoms with Gasteiger partial charge in [-0.05, 0) is 12.8 Å². The van der Waals surface area contributed by atoms with Gasteiger partial charge in [0.05, 0.1) is 6.42 Å². The van der Waals surface area contributed by atoms with Crippen molar-refractivity contribution in [2.24, 2.45) is 0 Å². The molecule has 0 saturated heterocycles. The fourth-order valence-corrected chi connectivity index (χ4v) is 4.81. The lowest BCUT2D eigenvalue weighted by Crippen LogP contribution is -2.39. The average molecular weight is 487 g/mol. The molecular weight excluding hydrogens is 432 g/mol. The van der Waals surface area contributed by atoms with E-state index in [9.17, 15) is 14.7 Å². The number of thiol groups is 1. The molecule has 0 aliphatic heterocycles. The van der Waals surface area contributed by atoms with E-state index < -0.39 is 23.1 Å². The van der Waals surface area contributed by atoms with E-state index in [1.54, 1.807) is 0 Å². The number of carbonyl (C=O) groups is 2. The van der Waals surface area contributed by atoms with Crippen LogP contribution in [0.3, 0.4) is 0 Å². The first-order valence-corrected chi connectivity index (χ1v) is 14.5. The van der Waals surface area contributed by atoms with E-state index >= 15 is 0 Å². The van der Waals surface area contributed by atoms with Gasteiger partial charge in [0.1, 0.15) is 0 Å². The largest absolute Gasteiger partial charge is 0.479 e. The number of aliphatic hydroxyl groups is 1. The Hall–Kier alpha value is -0.550. The smallest absolute Gasteiger partial charge is 0.336 e. The Balaban J connectivity index is 3.28. The second-order valence-corrected chi connectivity index (χ2v) is 10.6. The summed E-state index contributed by atoms with van der Waals surface area (Å²) in [6, 6.07) is 0. The highest BCUT2D eigenvalue weighted by molar-refractivity contribution is 7.96. The lowest BCUT2D eigenvalue weighted by Gasteiger charge is -2.21. The average Bonchev–Trinajstić information content (AvgIpc) is 2.76. The molecule has 33 heavy (non-hydrogen) atoms. The predicted molar refractivity (Wildman–Crippen MR) is 143 cm³/mol. The van der Waals surface area contributed by atoms with Crippen molar-refractivity contribution in [3.05, 3.63) is 0 Å². The standard InChI is InChI=1S/C28H54O4S/c1-2-3-4-5-6-7-8-9-10-11-12-13-14-15-16-17-18-19-20-21-22-23-24-28(32,27(30)31)25-26(29)33/h32H,2-25H2,1H3,(H,29,33)(H,30,31). The fourth-order valence-electron chi connectivity index (χ4n) is 4.55. The third kappa shape index (κ3) is 21.7. The molecule has 2 N–H and O–H groups in total. The van der Waals surface area contributed by atoms with Gasteiger partial charge in [0.15, 0.2) is 10.7 Å². The Kier molecular flexibility index (Phi) is 22.8. The van der Waals surface area contributed by atoms with Crippen LogP contribution >= 0.6 is 12.6 Å². The molecule has 1 unspecified atom stereocenters. The normalized spacial score (nSPS) is 13.2. The number of hydrogen-bond donors (Lipinski definition) is 3. The summed E-state index contributed by atoms with van der Waals surface area (Å²) < 4.78 is 0. The zero-order valence-corrected chi connectivity index (χ0v) is 22.5. The number of rotatable bonds is 26. The van der Waals surface area contributed by atoms with Gasteiger partial charge in [0, 0.05) is 0 Å². The summed E-state index contributed by atoms with van der Waals surface area (Å²) in [7, 11) is 0. The number of carboxylic acids is 1. The monoisotopic (exact) mass is 486 g/mol. The predicted octanol–water partition coefficient (Wildman–Crippen LogP) is 8.64. The molecule has 0 spiro atoms.